The third kappa shape index (κ3) is 3.72. The Morgan fingerprint density at radius 2 is 1.70 bits per heavy atom. The number of hydrogen-bond donors (Lipinski definition) is 1. The molecule has 7 nitrogen and oxygen atoms in total. The Hall–Kier alpha value is -3.87. The molecule has 0 saturated carbocycles. The number of rotatable bonds is 5. The van der Waals surface area contributed by atoms with E-state index in [1.165, 1.54) is 11.0 Å². The van der Waals surface area contributed by atoms with E-state index in [0.29, 0.717) is 5.56 Å². The first kappa shape index (κ1) is 16.6. The summed E-state index contributed by atoms with van der Waals surface area (Å²) in [6.07, 6.45) is 3.22. The summed E-state index contributed by atoms with van der Waals surface area (Å²) in [4.78, 5) is 17.2. The highest BCUT2D eigenvalue weighted by atomic mass is 16.1. The largest absolute Gasteiger partial charge is 0.340 e. The molecular formula is C20H16N6O. The van der Waals surface area contributed by atoms with E-state index in [9.17, 15) is 4.79 Å². The standard InChI is InChI=1S/C20H16N6O/c27-20(16-9-11-17(12-10-16)26-14-22-24-25-26)23-19(15-6-2-1-3-7-15)18-8-4-5-13-21-18/h1-14,19H,(H,23,27). The van der Waals surface area contributed by atoms with E-state index < -0.39 is 0 Å². The number of pyridine rings is 1. The summed E-state index contributed by atoms with van der Waals surface area (Å²) in [5, 5.41) is 14.1. The predicted octanol–water partition coefficient (Wildman–Crippen LogP) is 2.58. The van der Waals surface area contributed by atoms with E-state index >= 15 is 0 Å². The van der Waals surface area contributed by atoms with Crippen molar-refractivity contribution in [3.8, 4) is 5.69 Å². The van der Waals surface area contributed by atoms with Crippen LogP contribution in [0.5, 0.6) is 0 Å². The summed E-state index contributed by atoms with van der Waals surface area (Å²) < 4.78 is 1.53. The van der Waals surface area contributed by atoms with Crippen LogP contribution < -0.4 is 5.32 Å². The molecule has 132 valence electrons. The SMILES string of the molecule is O=C(NC(c1ccccc1)c1ccccn1)c1ccc(-n2cnnn2)cc1. The van der Waals surface area contributed by atoms with Gasteiger partial charge in [-0.05, 0) is 52.4 Å². The van der Waals surface area contributed by atoms with Gasteiger partial charge in [-0.25, -0.2) is 4.68 Å². The van der Waals surface area contributed by atoms with Gasteiger partial charge in [-0.15, -0.1) is 5.10 Å². The summed E-state index contributed by atoms with van der Waals surface area (Å²) in [5.74, 6) is -0.183. The second kappa shape index (κ2) is 7.57. The molecule has 1 amide bonds. The number of benzene rings is 2. The molecule has 2 aromatic carbocycles. The molecular weight excluding hydrogens is 340 g/mol. The van der Waals surface area contributed by atoms with E-state index in [4.69, 9.17) is 0 Å². The molecule has 1 atom stereocenters. The minimum absolute atomic E-state index is 0.183. The summed E-state index contributed by atoms with van der Waals surface area (Å²) >= 11 is 0. The summed E-state index contributed by atoms with van der Waals surface area (Å²) in [5.41, 5.74) is 3.07. The van der Waals surface area contributed by atoms with E-state index in [1.54, 1.807) is 30.5 Å². The lowest BCUT2D eigenvalue weighted by Gasteiger charge is -2.19. The predicted molar refractivity (Wildman–Crippen MR) is 99.1 cm³/mol. The molecule has 0 aliphatic heterocycles. The fourth-order valence-corrected chi connectivity index (χ4v) is 2.78. The van der Waals surface area contributed by atoms with Gasteiger partial charge in [-0.3, -0.25) is 9.78 Å². The second-order valence-corrected chi connectivity index (χ2v) is 5.87. The smallest absolute Gasteiger partial charge is 0.252 e. The van der Waals surface area contributed by atoms with Crippen LogP contribution in [0.15, 0.2) is 85.3 Å². The molecule has 2 aromatic heterocycles. The van der Waals surface area contributed by atoms with Crippen molar-refractivity contribution in [1.82, 2.24) is 30.5 Å². The number of carbonyl (C=O) groups is 1. The van der Waals surface area contributed by atoms with Crippen LogP contribution >= 0.6 is 0 Å². The maximum absolute atomic E-state index is 12.8. The molecule has 7 heteroatoms. The van der Waals surface area contributed by atoms with Gasteiger partial charge in [0.05, 0.1) is 17.4 Å². The Balaban J connectivity index is 1.58. The average Bonchev–Trinajstić information content (AvgIpc) is 3.28. The van der Waals surface area contributed by atoms with Crippen LogP contribution in [0.2, 0.25) is 0 Å². The van der Waals surface area contributed by atoms with Gasteiger partial charge in [0.25, 0.3) is 5.91 Å². The number of amides is 1. The van der Waals surface area contributed by atoms with Crippen LogP contribution in [-0.4, -0.2) is 31.1 Å². The third-order valence-electron chi connectivity index (χ3n) is 4.13. The lowest BCUT2D eigenvalue weighted by atomic mass is 10.0. The minimum atomic E-state index is -0.334. The molecule has 0 saturated heterocycles. The van der Waals surface area contributed by atoms with Crippen molar-refractivity contribution in [3.63, 3.8) is 0 Å². The third-order valence-corrected chi connectivity index (χ3v) is 4.13. The van der Waals surface area contributed by atoms with E-state index in [1.807, 2.05) is 48.5 Å². The molecule has 1 unspecified atom stereocenters. The van der Waals surface area contributed by atoms with Crippen LogP contribution in [0, 0.1) is 0 Å². The number of hydrogen-bond acceptors (Lipinski definition) is 5. The van der Waals surface area contributed by atoms with Gasteiger partial charge in [-0.2, -0.15) is 0 Å². The highest BCUT2D eigenvalue weighted by Crippen LogP contribution is 2.20. The quantitative estimate of drug-likeness (QED) is 0.594. The molecule has 4 rings (SSSR count). The number of nitrogens with zero attached hydrogens (tertiary/aromatic N) is 5. The Bertz CT molecular complexity index is 962. The summed E-state index contributed by atoms with van der Waals surface area (Å²) in [6.45, 7) is 0. The number of nitrogens with one attached hydrogen (secondary N) is 1. The fourth-order valence-electron chi connectivity index (χ4n) is 2.78. The van der Waals surface area contributed by atoms with Crippen LogP contribution in [-0.2, 0) is 0 Å². The summed E-state index contributed by atoms with van der Waals surface area (Å²) in [6, 6.07) is 22.2. The zero-order chi connectivity index (χ0) is 18.5. The molecule has 0 aliphatic rings. The van der Waals surface area contributed by atoms with Crippen molar-refractivity contribution in [2.45, 2.75) is 6.04 Å². The Kier molecular flexibility index (Phi) is 4.65. The lowest BCUT2D eigenvalue weighted by molar-refractivity contribution is 0.0942. The van der Waals surface area contributed by atoms with E-state index in [0.717, 1.165) is 16.9 Å². The first-order valence-corrected chi connectivity index (χ1v) is 8.41. The normalized spacial score (nSPS) is 11.7. The highest BCUT2D eigenvalue weighted by molar-refractivity contribution is 5.94. The van der Waals surface area contributed by atoms with Crippen molar-refractivity contribution in [2.24, 2.45) is 0 Å². The van der Waals surface area contributed by atoms with Gasteiger partial charge in [0.1, 0.15) is 6.33 Å². The average molecular weight is 356 g/mol. The van der Waals surface area contributed by atoms with Gasteiger partial charge in [-0.1, -0.05) is 36.4 Å². The van der Waals surface area contributed by atoms with Gasteiger partial charge in [0.15, 0.2) is 0 Å². The topological polar surface area (TPSA) is 85.6 Å². The van der Waals surface area contributed by atoms with Crippen molar-refractivity contribution in [2.75, 3.05) is 0 Å². The first-order valence-electron chi connectivity index (χ1n) is 8.41. The Morgan fingerprint density at radius 1 is 0.926 bits per heavy atom. The molecule has 0 fully saturated rings. The molecule has 1 N–H and O–H groups in total. The zero-order valence-corrected chi connectivity index (χ0v) is 14.3. The monoisotopic (exact) mass is 356 g/mol. The first-order chi connectivity index (χ1) is 13.3. The van der Waals surface area contributed by atoms with Crippen LogP contribution in [0.25, 0.3) is 5.69 Å². The van der Waals surface area contributed by atoms with Crippen LogP contribution in [0.1, 0.15) is 27.7 Å². The van der Waals surface area contributed by atoms with Gasteiger partial charge in [0.2, 0.25) is 0 Å². The lowest BCUT2D eigenvalue weighted by Crippen LogP contribution is -2.29. The van der Waals surface area contributed by atoms with Crippen molar-refractivity contribution in [3.05, 3.63) is 102 Å². The van der Waals surface area contributed by atoms with Crippen molar-refractivity contribution >= 4 is 5.91 Å². The van der Waals surface area contributed by atoms with E-state index in [-0.39, 0.29) is 11.9 Å². The minimum Gasteiger partial charge on any atom is -0.340 e. The molecule has 4 aromatic rings. The number of aromatic nitrogens is 5. The Labute approximate surface area is 155 Å². The molecule has 0 radical (unpaired) electrons. The number of carbonyl (C=O) groups excluding carboxylic acids is 1. The van der Waals surface area contributed by atoms with Crippen molar-refractivity contribution in [1.29, 1.82) is 0 Å². The molecule has 0 spiro atoms. The maximum Gasteiger partial charge on any atom is 0.252 e. The van der Waals surface area contributed by atoms with Gasteiger partial charge >= 0.3 is 0 Å². The van der Waals surface area contributed by atoms with Crippen molar-refractivity contribution < 1.29 is 4.79 Å². The maximum atomic E-state index is 12.8. The highest BCUT2D eigenvalue weighted by Gasteiger charge is 2.18. The molecule has 2 heterocycles. The van der Waals surface area contributed by atoms with Gasteiger partial charge < -0.3 is 5.32 Å². The number of tetrazole rings is 1. The fraction of sp³-hybridized carbons (Fsp3) is 0.0500. The van der Waals surface area contributed by atoms with Crippen LogP contribution in [0.4, 0.5) is 0 Å². The Morgan fingerprint density at radius 3 is 2.37 bits per heavy atom. The van der Waals surface area contributed by atoms with Crippen LogP contribution in [0.3, 0.4) is 0 Å². The second-order valence-electron chi connectivity index (χ2n) is 5.87. The zero-order valence-electron chi connectivity index (χ0n) is 14.3. The molecule has 27 heavy (non-hydrogen) atoms. The van der Waals surface area contributed by atoms with E-state index in [2.05, 4.69) is 25.8 Å². The molecule has 0 aliphatic carbocycles. The van der Waals surface area contributed by atoms with Gasteiger partial charge in [0, 0.05) is 11.8 Å². The summed E-state index contributed by atoms with van der Waals surface area (Å²) in [7, 11) is 0. The molecule has 0 bridgehead atoms.